The Morgan fingerprint density at radius 3 is 1.76 bits per heavy atom. The minimum Gasteiger partial charge on any atom is -0.315 e. The maximum absolute atomic E-state index is 6.34. The van der Waals surface area contributed by atoms with Gasteiger partial charge >= 0.3 is 0 Å². The molecule has 2 heteroatoms. The molecule has 0 radical (unpaired) electrons. The van der Waals surface area contributed by atoms with Gasteiger partial charge < -0.3 is 5.32 Å². The van der Waals surface area contributed by atoms with Crippen LogP contribution >= 0.6 is 11.6 Å². The maximum Gasteiger partial charge on any atom is 0.0465 e. The van der Waals surface area contributed by atoms with Crippen molar-refractivity contribution in [2.45, 2.75) is 104 Å². The molecule has 1 nitrogen and oxygen atoms in total. The zero-order valence-corrected chi connectivity index (χ0v) is 15.9. The van der Waals surface area contributed by atoms with Crippen LogP contribution in [0.25, 0.3) is 0 Å². The van der Waals surface area contributed by atoms with Crippen molar-refractivity contribution in [1.29, 1.82) is 0 Å². The highest BCUT2D eigenvalue weighted by molar-refractivity contribution is 6.20. The van der Waals surface area contributed by atoms with Gasteiger partial charge in [-0.05, 0) is 24.8 Å². The summed E-state index contributed by atoms with van der Waals surface area (Å²) in [5.74, 6) is 0. The van der Waals surface area contributed by atoms with Crippen LogP contribution in [0, 0.1) is 5.41 Å². The molecule has 1 atom stereocenters. The second kappa shape index (κ2) is 13.9. The second-order valence-electron chi connectivity index (χ2n) is 7.75. The van der Waals surface area contributed by atoms with Crippen molar-refractivity contribution in [2.75, 3.05) is 13.1 Å². The Bertz CT molecular complexity index is 210. The molecule has 0 saturated heterocycles. The summed E-state index contributed by atoms with van der Waals surface area (Å²) in [6.45, 7) is 11.1. The van der Waals surface area contributed by atoms with Crippen molar-refractivity contribution < 1.29 is 0 Å². The summed E-state index contributed by atoms with van der Waals surface area (Å²) in [7, 11) is 0. The van der Waals surface area contributed by atoms with Gasteiger partial charge in [-0.25, -0.2) is 0 Å². The van der Waals surface area contributed by atoms with E-state index in [0.29, 0.717) is 5.41 Å². The Morgan fingerprint density at radius 1 is 0.810 bits per heavy atom. The van der Waals surface area contributed by atoms with Crippen LogP contribution in [0.3, 0.4) is 0 Å². The van der Waals surface area contributed by atoms with E-state index in [-0.39, 0.29) is 5.38 Å². The third-order valence-electron chi connectivity index (χ3n) is 3.91. The number of hydrogen-bond donors (Lipinski definition) is 1. The fourth-order valence-electron chi connectivity index (χ4n) is 2.73. The second-order valence-corrected chi connectivity index (χ2v) is 8.37. The first-order valence-electron chi connectivity index (χ1n) is 9.30. The molecule has 0 saturated carbocycles. The molecule has 1 unspecified atom stereocenters. The Kier molecular flexibility index (Phi) is 14.0. The lowest BCUT2D eigenvalue weighted by atomic mass is 9.90. The van der Waals surface area contributed by atoms with Gasteiger partial charge in [-0.1, -0.05) is 85.5 Å². The molecule has 0 aliphatic carbocycles. The first-order valence-corrected chi connectivity index (χ1v) is 9.74. The van der Waals surface area contributed by atoms with Crippen LogP contribution in [0.1, 0.15) is 98.3 Å². The van der Waals surface area contributed by atoms with Crippen molar-refractivity contribution >= 4 is 11.6 Å². The van der Waals surface area contributed by atoms with Gasteiger partial charge in [0, 0.05) is 11.9 Å². The summed E-state index contributed by atoms with van der Waals surface area (Å²) in [6, 6.07) is 0. The Balaban J connectivity index is 3.15. The van der Waals surface area contributed by atoms with Crippen LogP contribution in [-0.2, 0) is 0 Å². The number of unbranched alkanes of at least 4 members (excludes halogenated alkanes) is 9. The number of alkyl halides is 1. The van der Waals surface area contributed by atoms with Gasteiger partial charge in [0.05, 0.1) is 0 Å². The Labute approximate surface area is 139 Å². The first-order chi connectivity index (χ1) is 9.95. The summed E-state index contributed by atoms with van der Waals surface area (Å²) >= 11 is 6.34. The smallest absolute Gasteiger partial charge is 0.0465 e. The van der Waals surface area contributed by atoms with Crippen LogP contribution in [0.2, 0.25) is 0 Å². The van der Waals surface area contributed by atoms with E-state index in [1.165, 1.54) is 64.2 Å². The van der Waals surface area contributed by atoms with E-state index in [9.17, 15) is 0 Å². The molecule has 0 aromatic rings. The van der Waals surface area contributed by atoms with Crippen LogP contribution in [0.4, 0.5) is 0 Å². The largest absolute Gasteiger partial charge is 0.315 e. The molecule has 0 heterocycles. The van der Waals surface area contributed by atoms with Crippen LogP contribution in [0.5, 0.6) is 0 Å². The van der Waals surface area contributed by atoms with Gasteiger partial charge in [0.1, 0.15) is 0 Å². The van der Waals surface area contributed by atoms with Crippen LogP contribution in [-0.4, -0.2) is 18.5 Å². The normalized spacial score (nSPS) is 13.6. The van der Waals surface area contributed by atoms with E-state index in [1.807, 2.05) is 0 Å². The fourth-order valence-corrected chi connectivity index (χ4v) is 3.30. The SMILES string of the molecule is CCCCCCCCCCCCNCC(Cl)CC(C)(C)C. The van der Waals surface area contributed by atoms with E-state index in [0.717, 1.165) is 19.5 Å². The summed E-state index contributed by atoms with van der Waals surface area (Å²) in [5.41, 5.74) is 0.339. The molecule has 21 heavy (non-hydrogen) atoms. The lowest BCUT2D eigenvalue weighted by molar-refractivity contribution is 0.364. The quantitative estimate of drug-likeness (QED) is 0.283. The molecule has 0 aromatic carbocycles. The van der Waals surface area contributed by atoms with Gasteiger partial charge in [0.25, 0.3) is 0 Å². The standard InChI is InChI=1S/C19H40ClN/c1-5-6-7-8-9-10-11-12-13-14-15-21-17-18(20)16-19(2,3)4/h18,21H,5-17H2,1-4H3. The lowest BCUT2D eigenvalue weighted by Gasteiger charge is -2.22. The summed E-state index contributed by atoms with van der Waals surface area (Å²) in [6.07, 6.45) is 15.1. The molecule has 0 spiro atoms. The maximum atomic E-state index is 6.34. The fraction of sp³-hybridized carbons (Fsp3) is 1.00. The van der Waals surface area contributed by atoms with Gasteiger partial charge in [-0.2, -0.15) is 0 Å². The molecular weight excluding hydrogens is 278 g/mol. The third kappa shape index (κ3) is 18.2. The first kappa shape index (κ1) is 21.2. The highest BCUT2D eigenvalue weighted by atomic mass is 35.5. The van der Waals surface area contributed by atoms with E-state index in [2.05, 4.69) is 33.0 Å². The minimum atomic E-state index is 0.271. The van der Waals surface area contributed by atoms with Crippen molar-refractivity contribution in [1.82, 2.24) is 5.32 Å². The predicted octanol–water partition coefficient (Wildman–Crippen LogP) is 6.54. The summed E-state index contributed by atoms with van der Waals surface area (Å²) < 4.78 is 0. The van der Waals surface area contributed by atoms with Crippen LogP contribution in [0.15, 0.2) is 0 Å². The average molecular weight is 318 g/mol. The summed E-state index contributed by atoms with van der Waals surface area (Å²) in [5, 5.41) is 3.77. The van der Waals surface area contributed by atoms with Gasteiger partial charge in [0.2, 0.25) is 0 Å². The number of nitrogens with one attached hydrogen (secondary N) is 1. The van der Waals surface area contributed by atoms with Crippen LogP contribution < -0.4 is 5.32 Å². The van der Waals surface area contributed by atoms with E-state index in [1.54, 1.807) is 0 Å². The molecular formula is C19H40ClN. The lowest BCUT2D eigenvalue weighted by Crippen LogP contribution is -2.27. The highest BCUT2D eigenvalue weighted by Gasteiger charge is 2.16. The number of halogens is 1. The molecule has 0 bridgehead atoms. The number of rotatable bonds is 14. The molecule has 1 N–H and O–H groups in total. The average Bonchev–Trinajstić information content (AvgIpc) is 2.38. The third-order valence-corrected chi connectivity index (χ3v) is 4.22. The van der Waals surface area contributed by atoms with Gasteiger partial charge in [-0.3, -0.25) is 0 Å². The predicted molar refractivity (Wildman–Crippen MR) is 98.4 cm³/mol. The zero-order valence-electron chi connectivity index (χ0n) is 15.1. The van der Waals surface area contributed by atoms with Crippen molar-refractivity contribution in [3.63, 3.8) is 0 Å². The summed E-state index contributed by atoms with van der Waals surface area (Å²) in [4.78, 5) is 0. The Morgan fingerprint density at radius 2 is 1.29 bits per heavy atom. The monoisotopic (exact) mass is 317 g/mol. The molecule has 0 fully saturated rings. The van der Waals surface area contributed by atoms with E-state index in [4.69, 9.17) is 11.6 Å². The van der Waals surface area contributed by atoms with E-state index >= 15 is 0 Å². The van der Waals surface area contributed by atoms with Gasteiger partial charge in [0.15, 0.2) is 0 Å². The molecule has 0 aromatic heterocycles. The highest BCUT2D eigenvalue weighted by Crippen LogP contribution is 2.23. The van der Waals surface area contributed by atoms with Crippen molar-refractivity contribution in [3.05, 3.63) is 0 Å². The molecule has 0 amide bonds. The molecule has 0 aliphatic heterocycles. The molecule has 0 rings (SSSR count). The topological polar surface area (TPSA) is 12.0 Å². The van der Waals surface area contributed by atoms with Crippen molar-refractivity contribution in [2.24, 2.45) is 5.41 Å². The zero-order chi connectivity index (χ0) is 16.0. The Hall–Kier alpha value is 0.250. The van der Waals surface area contributed by atoms with E-state index < -0.39 is 0 Å². The molecule has 128 valence electrons. The number of hydrogen-bond acceptors (Lipinski definition) is 1. The molecule has 0 aliphatic rings. The van der Waals surface area contributed by atoms with Crippen molar-refractivity contribution in [3.8, 4) is 0 Å². The van der Waals surface area contributed by atoms with Gasteiger partial charge in [-0.15, -0.1) is 11.6 Å². The minimum absolute atomic E-state index is 0.271.